The van der Waals surface area contributed by atoms with E-state index in [9.17, 15) is 9.90 Å². The molecule has 1 heterocycles. The summed E-state index contributed by atoms with van der Waals surface area (Å²) in [6.07, 6.45) is 1.48. The lowest BCUT2D eigenvalue weighted by atomic mass is 10.2. The maximum absolute atomic E-state index is 12.1. The largest absolute Gasteiger partial charge is 0.505 e. The molecule has 0 aromatic carbocycles. The zero-order valence-corrected chi connectivity index (χ0v) is 12.1. The number of nitrogens with zero attached hydrogens (tertiary/aromatic N) is 2. The number of hydrogen-bond donors (Lipinski definition) is 1. The molecular formula is C12H15IN2O2. The summed E-state index contributed by atoms with van der Waals surface area (Å²) in [4.78, 5) is 17.7. The Morgan fingerprint density at radius 3 is 2.76 bits per heavy atom. The van der Waals surface area contributed by atoms with E-state index in [1.54, 1.807) is 4.90 Å². The highest BCUT2D eigenvalue weighted by molar-refractivity contribution is 14.1. The van der Waals surface area contributed by atoms with Gasteiger partial charge in [0.15, 0.2) is 0 Å². The first-order valence-corrected chi connectivity index (χ1v) is 6.31. The van der Waals surface area contributed by atoms with Crippen LogP contribution in [0.15, 0.2) is 24.4 Å². The highest BCUT2D eigenvalue weighted by Crippen LogP contribution is 2.18. The van der Waals surface area contributed by atoms with Gasteiger partial charge in [0.25, 0.3) is 5.91 Å². The summed E-state index contributed by atoms with van der Waals surface area (Å²) in [7, 11) is 0. The van der Waals surface area contributed by atoms with Crippen LogP contribution in [0.5, 0.6) is 5.75 Å². The summed E-state index contributed by atoms with van der Waals surface area (Å²) in [5, 5.41) is 9.53. The van der Waals surface area contributed by atoms with Crippen LogP contribution in [0.1, 0.15) is 24.2 Å². The van der Waals surface area contributed by atoms with Crippen molar-refractivity contribution in [2.45, 2.75) is 13.8 Å². The molecule has 1 rings (SSSR count). The van der Waals surface area contributed by atoms with Crippen LogP contribution >= 0.6 is 22.6 Å². The second kappa shape index (κ2) is 6.00. The van der Waals surface area contributed by atoms with Crippen molar-refractivity contribution >= 4 is 28.5 Å². The van der Waals surface area contributed by atoms with Gasteiger partial charge in [-0.25, -0.2) is 4.98 Å². The second-order valence-corrected chi connectivity index (χ2v) is 4.83. The summed E-state index contributed by atoms with van der Waals surface area (Å²) in [6.45, 7) is 8.68. The van der Waals surface area contributed by atoms with Gasteiger partial charge in [-0.1, -0.05) is 12.2 Å². The van der Waals surface area contributed by atoms with Crippen LogP contribution in [-0.2, 0) is 0 Å². The third-order valence-corrected chi connectivity index (χ3v) is 3.03. The minimum absolute atomic E-state index is 0.0304. The molecule has 0 aliphatic carbocycles. The molecule has 0 saturated heterocycles. The Morgan fingerprint density at radius 2 is 2.29 bits per heavy atom. The smallest absolute Gasteiger partial charge is 0.255 e. The molecule has 4 nitrogen and oxygen atoms in total. The third-order valence-electron chi connectivity index (χ3n) is 2.20. The van der Waals surface area contributed by atoms with Gasteiger partial charge in [0.1, 0.15) is 9.45 Å². The maximum Gasteiger partial charge on any atom is 0.255 e. The van der Waals surface area contributed by atoms with Crippen LogP contribution in [0.25, 0.3) is 0 Å². The van der Waals surface area contributed by atoms with Crippen LogP contribution < -0.4 is 0 Å². The van der Waals surface area contributed by atoms with Crippen molar-refractivity contribution in [2.75, 3.05) is 13.1 Å². The maximum atomic E-state index is 12.1. The summed E-state index contributed by atoms with van der Waals surface area (Å²) < 4.78 is 0.488. The van der Waals surface area contributed by atoms with Crippen molar-refractivity contribution in [3.63, 3.8) is 0 Å². The number of carbonyl (C=O) groups excluding carboxylic acids is 1. The van der Waals surface area contributed by atoms with Crippen molar-refractivity contribution in [3.05, 3.63) is 33.7 Å². The molecule has 0 spiro atoms. The number of rotatable bonds is 4. The van der Waals surface area contributed by atoms with Gasteiger partial charge in [0, 0.05) is 19.3 Å². The fraction of sp³-hybridized carbons (Fsp3) is 0.333. The molecule has 0 aliphatic rings. The third kappa shape index (κ3) is 3.69. The Hall–Kier alpha value is -1.11. The van der Waals surface area contributed by atoms with Gasteiger partial charge in [-0.05, 0) is 42.5 Å². The average molecular weight is 346 g/mol. The van der Waals surface area contributed by atoms with Gasteiger partial charge in [0.2, 0.25) is 0 Å². The number of halogens is 1. The predicted octanol–water partition coefficient (Wildman–Crippen LogP) is 2.43. The monoisotopic (exact) mass is 346 g/mol. The summed E-state index contributed by atoms with van der Waals surface area (Å²) in [6, 6.07) is 1.44. The SMILES string of the molecule is C=C(C)CN(CC)C(=O)c1cnc(I)c(O)c1. The van der Waals surface area contributed by atoms with E-state index in [-0.39, 0.29) is 11.7 Å². The van der Waals surface area contributed by atoms with Crippen molar-refractivity contribution in [1.29, 1.82) is 0 Å². The van der Waals surface area contributed by atoms with Crippen LogP contribution in [0.4, 0.5) is 0 Å². The molecule has 0 bridgehead atoms. The van der Waals surface area contributed by atoms with E-state index in [4.69, 9.17) is 0 Å². The van der Waals surface area contributed by atoms with Gasteiger partial charge in [-0.3, -0.25) is 4.79 Å². The molecule has 0 fully saturated rings. The van der Waals surface area contributed by atoms with Crippen LogP contribution in [0.3, 0.4) is 0 Å². The molecule has 0 atom stereocenters. The highest BCUT2D eigenvalue weighted by atomic mass is 127. The van der Waals surface area contributed by atoms with E-state index in [1.807, 2.05) is 36.4 Å². The standard InChI is InChI=1S/C12H15IN2O2/c1-4-15(7-8(2)3)12(17)9-5-10(16)11(13)14-6-9/h5-6,16H,2,4,7H2,1,3H3. The first-order valence-electron chi connectivity index (χ1n) is 5.23. The van der Waals surface area contributed by atoms with Gasteiger partial charge >= 0.3 is 0 Å². The number of amides is 1. The van der Waals surface area contributed by atoms with Crippen molar-refractivity contribution in [2.24, 2.45) is 0 Å². The molecule has 1 N–H and O–H groups in total. The van der Waals surface area contributed by atoms with Gasteiger partial charge in [-0.15, -0.1) is 0 Å². The van der Waals surface area contributed by atoms with Gasteiger partial charge in [0.05, 0.1) is 5.56 Å². The molecular weight excluding hydrogens is 331 g/mol. The molecule has 0 unspecified atom stereocenters. The molecule has 0 aliphatic heterocycles. The molecule has 92 valence electrons. The Balaban J connectivity index is 2.93. The topological polar surface area (TPSA) is 53.4 Å². The number of carbonyl (C=O) groups is 1. The lowest BCUT2D eigenvalue weighted by Crippen LogP contribution is -2.32. The number of hydrogen-bond acceptors (Lipinski definition) is 3. The second-order valence-electron chi connectivity index (χ2n) is 3.81. The van der Waals surface area contributed by atoms with Crippen molar-refractivity contribution < 1.29 is 9.90 Å². The Kier molecular flexibility index (Phi) is 4.92. The zero-order chi connectivity index (χ0) is 13.0. The lowest BCUT2D eigenvalue weighted by molar-refractivity contribution is 0.0777. The molecule has 1 aromatic heterocycles. The van der Waals surface area contributed by atoms with Crippen molar-refractivity contribution in [3.8, 4) is 5.75 Å². The Labute approximate surface area is 114 Å². The Morgan fingerprint density at radius 1 is 1.65 bits per heavy atom. The highest BCUT2D eigenvalue weighted by Gasteiger charge is 2.15. The summed E-state index contributed by atoms with van der Waals surface area (Å²) in [5.41, 5.74) is 1.31. The van der Waals surface area contributed by atoms with E-state index in [0.29, 0.717) is 22.4 Å². The molecule has 17 heavy (non-hydrogen) atoms. The van der Waals surface area contributed by atoms with E-state index in [1.165, 1.54) is 12.3 Å². The summed E-state index contributed by atoms with van der Waals surface area (Å²) >= 11 is 1.91. The zero-order valence-electron chi connectivity index (χ0n) is 9.90. The average Bonchev–Trinajstić information content (AvgIpc) is 2.28. The fourth-order valence-electron chi connectivity index (χ4n) is 1.39. The van der Waals surface area contributed by atoms with E-state index >= 15 is 0 Å². The summed E-state index contributed by atoms with van der Waals surface area (Å²) in [5.74, 6) is -0.113. The van der Waals surface area contributed by atoms with Crippen molar-refractivity contribution in [1.82, 2.24) is 9.88 Å². The number of aromatic nitrogens is 1. The van der Waals surface area contributed by atoms with Crippen LogP contribution in [0, 0.1) is 3.70 Å². The molecule has 1 aromatic rings. The first-order chi connectivity index (χ1) is 7.95. The van der Waals surface area contributed by atoms with E-state index < -0.39 is 0 Å². The first kappa shape index (κ1) is 14.0. The Bertz CT molecular complexity index is 446. The molecule has 5 heteroatoms. The van der Waals surface area contributed by atoms with Crippen LogP contribution in [-0.4, -0.2) is 34.0 Å². The van der Waals surface area contributed by atoms with E-state index in [2.05, 4.69) is 11.6 Å². The molecule has 0 saturated carbocycles. The van der Waals surface area contributed by atoms with Gasteiger partial charge in [-0.2, -0.15) is 0 Å². The van der Waals surface area contributed by atoms with E-state index in [0.717, 1.165) is 5.57 Å². The van der Waals surface area contributed by atoms with Crippen LogP contribution in [0.2, 0.25) is 0 Å². The number of pyridine rings is 1. The molecule has 1 amide bonds. The minimum Gasteiger partial charge on any atom is -0.505 e. The lowest BCUT2D eigenvalue weighted by Gasteiger charge is -2.20. The quantitative estimate of drug-likeness (QED) is 0.518. The minimum atomic E-state index is -0.144. The predicted molar refractivity (Wildman–Crippen MR) is 75.0 cm³/mol. The fourth-order valence-corrected chi connectivity index (χ4v) is 1.68. The number of likely N-dealkylation sites (N-methyl/N-ethyl adjacent to an activating group) is 1. The number of aromatic hydroxyl groups is 1. The normalized spacial score (nSPS) is 10.1. The van der Waals surface area contributed by atoms with Gasteiger partial charge < -0.3 is 10.0 Å². The molecule has 0 radical (unpaired) electrons.